The Balaban J connectivity index is 1.69. The number of hydrogen-bond donors (Lipinski definition) is 1. The summed E-state index contributed by atoms with van der Waals surface area (Å²) in [7, 11) is -3.75. The van der Waals surface area contributed by atoms with Crippen LogP contribution in [0.3, 0.4) is 0 Å². The van der Waals surface area contributed by atoms with Gasteiger partial charge < -0.3 is 5.11 Å². The fourth-order valence-corrected chi connectivity index (χ4v) is 4.88. The Kier molecular flexibility index (Phi) is 3.33. The fourth-order valence-electron chi connectivity index (χ4n) is 3.30. The van der Waals surface area contributed by atoms with E-state index in [0.29, 0.717) is 24.3 Å². The van der Waals surface area contributed by atoms with Gasteiger partial charge in [-0.1, -0.05) is 18.2 Å². The molecule has 124 valence electrons. The van der Waals surface area contributed by atoms with E-state index < -0.39 is 16.2 Å². The molecule has 3 heterocycles. The van der Waals surface area contributed by atoms with E-state index in [1.165, 1.54) is 14.7 Å². The Morgan fingerprint density at radius 3 is 2.71 bits per heavy atom. The molecule has 4 rings (SSSR count). The van der Waals surface area contributed by atoms with Crippen LogP contribution in [0.1, 0.15) is 27.0 Å². The number of fused-ring (bicyclic) bond motifs is 2. The fraction of sp³-hybridized carbons (Fsp3) is 0.250. The maximum Gasteiger partial charge on any atom is 0.336 e. The summed E-state index contributed by atoms with van der Waals surface area (Å²) < 4.78 is 28.7. The van der Waals surface area contributed by atoms with Crippen LogP contribution >= 0.6 is 0 Å². The van der Waals surface area contributed by atoms with E-state index in [1.54, 1.807) is 24.4 Å². The molecule has 1 aromatic carbocycles. The zero-order valence-electron chi connectivity index (χ0n) is 12.7. The van der Waals surface area contributed by atoms with Crippen molar-refractivity contribution in [2.75, 3.05) is 10.8 Å². The predicted octanol–water partition coefficient (Wildman–Crippen LogP) is 1.40. The average molecular weight is 345 g/mol. The number of benzene rings is 1. The molecule has 0 fully saturated rings. The first-order valence-corrected chi connectivity index (χ1v) is 8.94. The summed E-state index contributed by atoms with van der Waals surface area (Å²) in [6.45, 7) is 0.601. The van der Waals surface area contributed by atoms with Crippen LogP contribution < -0.4 is 4.31 Å². The lowest BCUT2D eigenvalue weighted by Crippen LogP contribution is -2.40. The minimum atomic E-state index is -3.75. The summed E-state index contributed by atoms with van der Waals surface area (Å²) in [4.78, 5) is 15.5. The number of carboxylic acids is 1. The Bertz CT molecular complexity index is 942. The molecule has 1 N–H and O–H groups in total. The van der Waals surface area contributed by atoms with Crippen LogP contribution in [0.2, 0.25) is 0 Å². The smallest absolute Gasteiger partial charge is 0.336 e. The van der Waals surface area contributed by atoms with E-state index in [1.807, 2.05) is 6.07 Å². The first-order valence-electron chi connectivity index (χ1n) is 7.54. The third-order valence-corrected chi connectivity index (χ3v) is 6.30. The van der Waals surface area contributed by atoms with Crippen molar-refractivity contribution in [2.45, 2.75) is 19.5 Å². The summed E-state index contributed by atoms with van der Waals surface area (Å²) in [5.41, 5.74) is 2.36. The molecular weight excluding hydrogens is 330 g/mol. The SMILES string of the molecule is O=C(O)c1cccc2c1CN(S(=O)(=O)N1CCc3cccnc31)C2. The van der Waals surface area contributed by atoms with Crippen LogP contribution in [0.25, 0.3) is 0 Å². The Morgan fingerprint density at radius 2 is 1.92 bits per heavy atom. The van der Waals surface area contributed by atoms with Crippen molar-refractivity contribution in [2.24, 2.45) is 0 Å². The summed E-state index contributed by atoms with van der Waals surface area (Å²) in [6.07, 6.45) is 2.21. The Labute approximate surface area is 139 Å². The molecule has 2 aromatic rings. The van der Waals surface area contributed by atoms with Gasteiger partial charge in [0.1, 0.15) is 5.82 Å². The first kappa shape index (κ1) is 15.1. The summed E-state index contributed by atoms with van der Waals surface area (Å²) >= 11 is 0. The Hall–Kier alpha value is -2.45. The van der Waals surface area contributed by atoms with E-state index in [2.05, 4.69) is 4.98 Å². The number of rotatable bonds is 3. The van der Waals surface area contributed by atoms with E-state index in [-0.39, 0.29) is 18.7 Å². The molecular formula is C16H15N3O4S. The minimum Gasteiger partial charge on any atom is -0.478 e. The van der Waals surface area contributed by atoms with Gasteiger partial charge in [-0.15, -0.1) is 0 Å². The molecule has 0 unspecified atom stereocenters. The maximum atomic E-state index is 13.0. The number of aromatic nitrogens is 1. The molecule has 0 spiro atoms. The molecule has 0 radical (unpaired) electrons. The van der Waals surface area contributed by atoms with Gasteiger partial charge in [0.2, 0.25) is 0 Å². The predicted molar refractivity (Wildman–Crippen MR) is 86.9 cm³/mol. The molecule has 7 nitrogen and oxygen atoms in total. The number of carboxylic acid groups (broad SMARTS) is 1. The number of pyridine rings is 1. The van der Waals surface area contributed by atoms with Crippen molar-refractivity contribution in [3.05, 3.63) is 58.8 Å². The molecule has 0 amide bonds. The van der Waals surface area contributed by atoms with E-state index in [4.69, 9.17) is 0 Å². The summed E-state index contributed by atoms with van der Waals surface area (Å²) in [5.74, 6) is -0.578. The lowest BCUT2D eigenvalue weighted by molar-refractivity contribution is 0.0695. The molecule has 2 aliphatic heterocycles. The molecule has 0 saturated carbocycles. The van der Waals surface area contributed by atoms with Gasteiger partial charge in [0, 0.05) is 25.8 Å². The van der Waals surface area contributed by atoms with Gasteiger partial charge >= 0.3 is 16.2 Å². The summed E-state index contributed by atoms with van der Waals surface area (Å²) in [5, 5.41) is 9.29. The van der Waals surface area contributed by atoms with Gasteiger partial charge in [-0.25, -0.2) is 14.1 Å². The molecule has 0 atom stereocenters. The first-order chi connectivity index (χ1) is 11.5. The highest BCUT2D eigenvalue weighted by Crippen LogP contribution is 2.34. The molecule has 24 heavy (non-hydrogen) atoms. The second-order valence-electron chi connectivity index (χ2n) is 5.83. The number of carbonyl (C=O) groups is 1. The second kappa shape index (κ2) is 5.29. The van der Waals surface area contributed by atoms with Crippen molar-refractivity contribution >= 4 is 22.0 Å². The quantitative estimate of drug-likeness (QED) is 0.908. The van der Waals surface area contributed by atoms with Crippen LogP contribution in [0.5, 0.6) is 0 Å². The normalized spacial score (nSPS) is 16.9. The van der Waals surface area contributed by atoms with Crippen molar-refractivity contribution in [3.63, 3.8) is 0 Å². The van der Waals surface area contributed by atoms with Crippen molar-refractivity contribution < 1.29 is 18.3 Å². The molecule has 0 bridgehead atoms. The van der Waals surface area contributed by atoms with Crippen LogP contribution in [-0.4, -0.2) is 35.3 Å². The molecule has 1 aromatic heterocycles. The lowest BCUT2D eigenvalue weighted by atomic mass is 10.0. The van der Waals surface area contributed by atoms with E-state index in [0.717, 1.165) is 11.1 Å². The third-order valence-electron chi connectivity index (χ3n) is 4.48. The molecule has 0 saturated heterocycles. The monoisotopic (exact) mass is 345 g/mol. The van der Waals surface area contributed by atoms with Gasteiger partial charge in [0.15, 0.2) is 0 Å². The zero-order valence-corrected chi connectivity index (χ0v) is 13.5. The van der Waals surface area contributed by atoms with Crippen LogP contribution in [-0.2, 0) is 29.7 Å². The highest BCUT2D eigenvalue weighted by atomic mass is 32.2. The van der Waals surface area contributed by atoms with Gasteiger partial charge in [-0.05, 0) is 35.2 Å². The third kappa shape index (κ3) is 2.18. The van der Waals surface area contributed by atoms with Crippen molar-refractivity contribution in [3.8, 4) is 0 Å². The van der Waals surface area contributed by atoms with Gasteiger partial charge in [0.05, 0.1) is 5.56 Å². The highest BCUT2D eigenvalue weighted by molar-refractivity contribution is 7.90. The van der Waals surface area contributed by atoms with Crippen LogP contribution in [0, 0.1) is 0 Å². The molecule has 2 aliphatic rings. The van der Waals surface area contributed by atoms with E-state index in [9.17, 15) is 18.3 Å². The van der Waals surface area contributed by atoms with Gasteiger partial charge in [-0.3, -0.25) is 0 Å². The number of aromatic carboxylic acids is 1. The largest absolute Gasteiger partial charge is 0.478 e. The average Bonchev–Trinajstić information content (AvgIpc) is 3.18. The zero-order chi connectivity index (χ0) is 16.9. The van der Waals surface area contributed by atoms with Crippen molar-refractivity contribution in [1.29, 1.82) is 0 Å². The second-order valence-corrected chi connectivity index (χ2v) is 7.69. The van der Waals surface area contributed by atoms with Crippen LogP contribution in [0.4, 0.5) is 5.82 Å². The lowest BCUT2D eigenvalue weighted by Gasteiger charge is -2.24. The van der Waals surface area contributed by atoms with Crippen LogP contribution in [0.15, 0.2) is 36.5 Å². The number of nitrogens with zero attached hydrogens (tertiary/aromatic N) is 3. The standard InChI is InChI=1S/C16H15N3O4S/c20-16(21)13-5-1-3-12-9-18(10-14(12)13)24(22,23)19-8-6-11-4-2-7-17-15(11)19/h1-5,7H,6,8-10H2,(H,20,21). The Morgan fingerprint density at radius 1 is 1.12 bits per heavy atom. The topological polar surface area (TPSA) is 90.8 Å². The van der Waals surface area contributed by atoms with E-state index >= 15 is 0 Å². The van der Waals surface area contributed by atoms with Gasteiger partial charge in [-0.2, -0.15) is 12.7 Å². The molecule has 0 aliphatic carbocycles. The minimum absolute atomic E-state index is 0.0683. The van der Waals surface area contributed by atoms with Gasteiger partial charge in [0.25, 0.3) is 0 Å². The maximum absolute atomic E-state index is 13.0. The van der Waals surface area contributed by atoms with Crippen molar-refractivity contribution in [1.82, 2.24) is 9.29 Å². The number of anilines is 1. The summed E-state index contributed by atoms with van der Waals surface area (Å²) in [6, 6.07) is 8.58. The molecule has 8 heteroatoms. The number of hydrogen-bond acceptors (Lipinski definition) is 4. The highest BCUT2D eigenvalue weighted by Gasteiger charge is 2.39.